The Labute approximate surface area is 115 Å². The third-order valence-corrected chi connectivity index (χ3v) is 4.49. The van der Waals surface area contributed by atoms with E-state index in [2.05, 4.69) is 4.72 Å². The second kappa shape index (κ2) is 6.67. The topological polar surface area (TPSA) is 92.5 Å². The third-order valence-electron chi connectivity index (χ3n) is 3.73. The van der Waals surface area contributed by atoms with E-state index in [-0.39, 0.29) is 17.9 Å². The van der Waals surface area contributed by atoms with Crippen LogP contribution in [0.4, 0.5) is 0 Å². The lowest BCUT2D eigenvalue weighted by Crippen LogP contribution is -2.52. The molecule has 0 bridgehead atoms. The molecule has 112 valence electrons. The first kappa shape index (κ1) is 16.4. The maximum absolute atomic E-state index is 12.2. The minimum atomic E-state index is -3.17. The summed E-state index contributed by atoms with van der Waals surface area (Å²) in [4.78, 5) is 13.9. The molecule has 1 aliphatic heterocycles. The molecule has 1 heterocycles. The number of nitrogens with two attached hydrogens (primary N) is 1. The fourth-order valence-electron chi connectivity index (χ4n) is 2.23. The van der Waals surface area contributed by atoms with Gasteiger partial charge in [0.25, 0.3) is 0 Å². The predicted octanol–water partition coefficient (Wildman–Crippen LogP) is -0.1000. The van der Waals surface area contributed by atoms with Gasteiger partial charge in [0, 0.05) is 19.1 Å². The fourth-order valence-corrected chi connectivity index (χ4v) is 3.07. The standard InChI is InChI=1S/C12H25N3O3S/c1-4-9(2)11(13)12(16)15-7-5-10(6-8-15)14-19(3,17)18/h9-11,14H,4-8,13H2,1-3H3/t9?,11-/m0/s1. The van der Waals surface area contributed by atoms with Gasteiger partial charge in [0.15, 0.2) is 0 Å². The molecular weight excluding hydrogens is 266 g/mol. The van der Waals surface area contributed by atoms with Crippen molar-refractivity contribution in [3.63, 3.8) is 0 Å². The van der Waals surface area contributed by atoms with E-state index in [0.717, 1.165) is 12.7 Å². The Hall–Kier alpha value is -0.660. The fraction of sp³-hybridized carbons (Fsp3) is 0.917. The number of hydrogen-bond donors (Lipinski definition) is 2. The quantitative estimate of drug-likeness (QED) is 0.740. The zero-order chi connectivity index (χ0) is 14.6. The van der Waals surface area contributed by atoms with Crippen molar-refractivity contribution in [1.82, 2.24) is 9.62 Å². The summed E-state index contributed by atoms with van der Waals surface area (Å²) in [5.74, 6) is 0.145. The molecule has 1 aliphatic rings. The molecule has 7 heteroatoms. The minimum absolute atomic E-state index is 0.0212. The summed E-state index contributed by atoms with van der Waals surface area (Å²) >= 11 is 0. The van der Waals surface area contributed by atoms with Crippen LogP contribution in [0.5, 0.6) is 0 Å². The molecule has 0 spiro atoms. The van der Waals surface area contributed by atoms with Crippen LogP contribution in [-0.4, -0.2) is 50.7 Å². The van der Waals surface area contributed by atoms with E-state index in [9.17, 15) is 13.2 Å². The lowest BCUT2D eigenvalue weighted by atomic mass is 9.97. The number of hydrogen-bond acceptors (Lipinski definition) is 4. The smallest absolute Gasteiger partial charge is 0.239 e. The number of piperidine rings is 1. The molecule has 0 aromatic carbocycles. The molecule has 6 nitrogen and oxygen atoms in total. The van der Waals surface area contributed by atoms with Crippen molar-refractivity contribution < 1.29 is 13.2 Å². The molecule has 2 atom stereocenters. The Kier molecular flexibility index (Phi) is 5.76. The van der Waals surface area contributed by atoms with Crippen molar-refractivity contribution in [2.45, 2.75) is 45.2 Å². The molecule has 3 N–H and O–H groups in total. The van der Waals surface area contributed by atoms with E-state index >= 15 is 0 Å². The molecular formula is C12H25N3O3S. The van der Waals surface area contributed by atoms with Crippen molar-refractivity contribution in [3.05, 3.63) is 0 Å². The minimum Gasteiger partial charge on any atom is -0.341 e. The van der Waals surface area contributed by atoms with E-state index in [1.807, 2.05) is 13.8 Å². The molecule has 1 saturated heterocycles. The Bertz CT molecular complexity index is 402. The Balaban J connectivity index is 2.47. The van der Waals surface area contributed by atoms with Crippen LogP contribution < -0.4 is 10.5 Å². The zero-order valence-electron chi connectivity index (χ0n) is 11.9. The average Bonchev–Trinajstić information content (AvgIpc) is 2.35. The number of carbonyl (C=O) groups excluding carboxylic acids is 1. The van der Waals surface area contributed by atoms with Gasteiger partial charge in [0.05, 0.1) is 12.3 Å². The zero-order valence-corrected chi connectivity index (χ0v) is 12.7. The van der Waals surface area contributed by atoms with E-state index < -0.39 is 16.1 Å². The van der Waals surface area contributed by atoms with Gasteiger partial charge in [-0.25, -0.2) is 13.1 Å². The molecule has 1 fully saturated rings. The van der Waals surface area contributed by atoms with Crippen LogP contribution in [0.3, 0.4) is 0 Å². The van der Waals surface area contributed by atoms with Crippen LogP contribution in [0.15, 0.2) is 0 Å². The van der Waals surface area contributed by atoms with Gasteiger partial charge < -0.3 is 10.6 Å². The summed E-state index contributed by atoms with van der Waals surface area (Å²) in [5, 5.41) is 0. The van der Waals surface area contributed by atoms with Gasteiger partial charge in [0.1, 0.15) is 0 Å². The van der Waals surface area contributed by atoms with Crippen molar-refractivity contribution in [3.8, 4) is 0 Å². The number of likely N-dealkylation sites (tertiary alicyclic amines) is 1. The highest BCUT2D eigenvalue weighted by atomic mass is 32.2. The maximum atomic E-state index is 12.2. The van der Waals surface area contributed by atoms with Crippen LogP contribution in [0.2, 0.25) is 0 Å². The largest absolute Gasteiger partial charge is 0.341 e. The van der Waals surface area contributed by atoms with Crippen molar-refractivity contribution in [2.75, 3.05) is 19.3 Å². The highest BCUT2D eigenvalue weighted by molar-refractivity contribution is 7.88. The van der Waals surface area contributed by atoms with E-state index in [0.29, 0.717) is 25.9 Å². The first-order chi connectivity index (χ1) is 8.74. The Morgan fingerprint density at radius 3 is 2.37 bits per heavy atom. The summed E-state index contributed by atoms with van der Waals surface area (Å²) in [6.45, 7) is 5.12. The van der Waals surface area contributed by atoms with Gasteiger partial charge in [-0.1, -0.05) is 20.3 Å². The lowest BCUT2D eigenvalue weighted by molar-refractivity contribution is -0.134. The number of sulfonamides is 1. The van der Waals surface area contributed by atoms with E-state index in [4.69, 9.17) is 5.73 Å². The summed E-state index contributed by atoms with van der Waals surface area (Å²) in [5.41, 5.74) is 5.94. The normalized spacial score (nSPS) is 21.2. The number of nitrogens with zero attached hydrogens (tertiary/aromatic N) is 1. The summed E-state index contributed by atoms with van der Waals surface area (Å²) in [6.07, 6.45) is 3.32. The van der Waals surface area contributed by atoms with Crippen LogP contribution in [0.1, 0.15) is 33.1 Å². The van der Waals surface area contributed by atoms with Crippen LogP contribution in [-0.2, 0) is 14.8 Å². The number of carbonyl (C=O) groups is 1. The van der Waals surface area contributed by atoms with Crippen LogP contribution in [0.25, 0.3) is 0 Å². The molecule has 0 saturated carbocycles. The van der Waals surface area contributed by atoms with Gasteiger partial charge in [-0.05, 0) is 18.8 Å². The second-order valence-electron chi connectivity index (χ2n) is 5.40. The monoisotopic (exact) mass is 291 g/mol. The van der Waals surface area contributed by atoms with Crippen LogP contribution in [0, 0.1) is 5.92 Å². The van der Waals surface area contributed by atoms with Crippen molar-refractivity contribution in [2.24, 2.45) is 11.7 Å². The second-order valence-corrected chi connectivity index (χ2v) is 7.18. The van der Waals surface area contributed by atoms with E-state index in [1.165, 1.54) is 0 Å². The SMILES string of the molecule is CCC(C)[C@H](N)C(=O)N1CCC(NS(C)(=O)=O)CC1. The maximum Gasteiger partial charge on any atom is 0.239 e. The highest BCUT2D eigenvalue weighted by Crippen LogP contribution is 2.15. The van der Waals surface area contributed by atoms with Gasteiger partial charge in [0.2, 0.25) is 15.9 Å². The third kappa shape index (κ3) is 5.08. The van der Waals surface area contributed by atoms with Crippen molar-refractivity contribution >= 4 is 15.9 Å². The molecule has 0 radical (unpaired) electrons. The molecule has 1 unspecified atom stereocenters. The molecule has 0 aliphatic carbocycles. The Morgan fingerprint density at radius 1 is 1.42 bits per heavy atom. The first-order valence-corrected chi connectivity index (χ1v) is 8.65. The number of amides is 1. The van der Waals surface area contributed by atoms with Gasteiger partial charge >= 0.3 is 0 Å². The van der Waals surface area contributed by atoms with Gasteiger partial charge in [-0.2, -0.15) is 0 Å². The summed E-state index contributed by atoms with van der Waals surface area (Å²) in [7, 11) is -3.17. The van der Waals surface area contributed by atoms with Crippen molar-refractivity contribution in [1.29, 1.82) is 0 Å². The average molecular weight is 291 g/mol. The summed E-state index contributed by atoms with van der Waals surface area (Å²) in [6, 6.07) is -0.525. The van der Waals surface area contributed by atoms with Crippen LogP contribution >= 0.6 is 0 Å². The molecule has 19 heavy (non-hydrogen) atoms. The first-order valence-electron chi connectivity index (χ1n) is 6.76. The Morgan fingerprint density at radius 2 is 1.95 bits per heavy atom. The van der Waals surface area contributed by atoms with E-state index in [1.54, 1.807) is 4.90 Å². The summed E-state index contributed by atoms with van der Waals surface area (Å²) < 4.78 is 24.9. The molecule has 0 aromatic rings. The molecule has 0 aromatic heterocycles. The number of nitrogens with one attached hydrogen (secondary N) is 1. The van der Waals surface area contributed by atoms with Gasteiger partial charge in [-0.15, -0.1) is 0 Å². The molecule has 1 amide bonds. The lowest BCUT2D eigenvalue weighted by Gasteiger charge is -2.34. The molecule has 1 rings (SSSR count). The highest BCUT2D eigenvalue weighted by Gasteiger charge is 2.29. The number of rotatable bonds is 5. The van der Waals surface area contributed by atoms with Gasteiger partial charge in [-0.3, -0.25) is 4.79 Å². The predicted molar refractivity (Wildman–Crippen MR) is 75.0 cm³/mol.